The normalized spacial score (nSPS) is 14.6. The van der Waals surface area contributed by atoms with Crippen LogP contribution in [-0.2, 0) is 20.8 Å². The number of carboxylic acid groups (broad SMARTS) is 1. The lowest BCUT2D eigenvalue weighted by Gasteiger charge is -2.24. The molecule has 4 atom stereocenters. The van der Waals surface area contributed by atoms with Crippen molar-refractivity contribution in [1.29, 1.82) is 5.41 Å². The summed E-state index contributed by atoms with van der Waals surface area (Å²) in [4.78, 5) is 36.3. The molecule has 0 aliphatic heterocycles. The first-order valence-corrected chi connectivity index (χ1v) is 9.50. The fraction of sp³-hybridized carbons (Fsp3) is 0.474. The minimum atomic E-state index is -1.52. The Hall–Kier alpha value is -3.18. The summed E-state index contributed by atoms with van der Waals surface area (Å²) in [5.74, 6) is -2.96. The van der Waals surface area contributed by atoms with Gasteiger partial charge >= 0.3 is 5.97 Å². The van der Waals surface area contributed by atoms with E-state index < -0.39 is 42.0 Å². The molecule has 0 saturated carbocycles. The predicted octanol–water partition coefficient (Wildman–Crippen LogP) is -1.75. The van der Waals surface area contributed by atoms with Crippen LogP contribution in [0.5, 0.6) is 0 Å². The number of aliphatic hydroxyl groups is 1. The fourth-order valence-corrected chi connectivity index (χ4v) is 2.68. The van der Waals surface area contributed by atoms with E-state index in [-0.39, 0.29) is 25.3 Å². The van der Waals surface area contributed by atoms with E-state index in [9.17, 15) is 19.5 Å². The number of nitrogens with one attached hydrogen (secondary N) is 4. The molecule has 0 aliphatic rings. The van der Waals surface area contributed by atoms with E-state index in [0.29, 0.717) is 6.42 Å². The average Bonchev–Trinajstić information content (AvgIpc) is 2.68. The molecule has 1 rings (SSSR count). The van der Waals surface area contributed by atoms with Gasteiger partial charge in [-0.15, -0.1) is 0 Å². The Morgan fingerprint density at radius 1 is 1.13 bits per heavy atom. The molecule has 0 spiro atoms. The molecule has 1 aromatic carbocycles. The largest absolute Gasteiger partial charge is 0.480 e. The highest BCUT2D eigenvalue weighted by Gasteiger charge is 2.30. The van der Waals surface area contributed by atoms with Crippen molar-refractivity contribution in [3.63, 3.8) is 0 Å². The monoisotopic (exact) mass is 422 g/mol. The van der Waals surface area contributed by atoms with Gasteiger partial charge in [-0.05, 0) is 31.7 Å². The third-order valence-corrected chi connectivity index (χ3v) is 4.30. The Kier molecular flexibility index (Phi) is 10.3. The van der Waals surface area contributed by atoms with Crippen LogP contribution in [0.1, 0.15) is 25.3 Å². The number of aliphatic hydroxyl groups excluding tert-OH is 1. The molecule has 0 fully saturated rings. The van der Waals surface area contributed by atoms with Crippen molar-refractivity contribution in [2.24, 2.45) is 11.5 Å². The first-order valence-electron chi connectivity index (χ1n) is 9.50. The van der Waals surface area contributed by atoms with E-state index >= 15 is 0 Å². The highest BCUT2D eigenvalue weighted by molar-refractivity contribution is 5.92. The van der Waals surface area contributed by atoms with Crippen LogP contribution in [0.25, 0.3) is 0 Å². The summed E-state index contributed by atoms with van der Waals surface area (Å²) in [6.07, 6.45) is -0.568. The van der Waals surface area contributed by atoms with Crippen LogP contribution in [0.2, 0.25) is 0 Å². The van der Waals surface area contributed by atoms with Crippen LogP contribution in [0.15, 0.2) is 30.3 Å². The summed E-state index contributed by atoms with van der Waals surface area (Å²) in [6, 6.07) is 5.62. The molecular weight excluding hydrogens is 392 g/mol. The standard InChI is InChI=1S/C19H30N6O5/c1-11(26)15(18(29)30)25-17(28)14(8-5-9-23-19(21)22)24-16(27)13(20)10-12-6-3-2-4-7-12/h2-4,6-7,11,13-15,26H,5,8-10,20H2,1H3,(H,24,27)(H,25,28)(H,29,30)(H4,21,22,23)/t11-,13+,14+,15+/m1/s1. The van der Waals surface area contributed by atoms with Gasteiger partial charge in [0.2, 0.25) is 11.8 Å². The molecule has 0 unspecified atom stereocenters. The van der Waals surface area contributed by atoms with Crippen molar-refractivity contribution in [2.75, 3.05) is 6.54 Å². The van der Waals surface area contributed by atoms with E-state index in [0.717, 1.165) is 5.56 Å². The second-order valence-corrected chi connectivity index (χ2v) is 6.91. The number of hydrogen-bond donors (Lipinski definition) is 8. The molecule has 30 heavy (non-hydrogen) atoms. The average molecular weight is 422 g/mol. The molecule has 0 aliphatic carbocycles. The second kappa shape index (κ2) is 12.4. The van der Waals surface area contributed by atoms with E-state index in [1.807, 2.05) is 30.3 Å². The Balaban J connectivity index is 2.79. The maximum Gasteiger partial charge on any atom is 0.328 e. The topological polar surface area (TPSA) is 204 Å². The molecule has 11 heteroatoms. The molecule has 0 aromatic heterocycles. The Morgan fingerprint density at radius 3 is 2.30 bits per heavy atom. The summed E-state index contributed by atoms with van der Waals surface area (Å²) < 4.78 is 0. The molecule has 0 saturated heterocycles. The minimum absolute atomic E-state index is 0.141. The number of amides is 2. The number of carbonyl (C=O) groups is 3. The second-order valence-electron chi connectivity index (χ2n) is 6.91. The molecule has 0 heterocycles. The molecular formula is C19H30N6O5. The Labute approximate surface area is 174 Å². The number of nitrogens with two attached hydrogens (primary N) is 2. The molecule has 166 valence electrons. The zero-order chi connectivity index (χ0) is 22.7. The summed E-state index contributed by atoms with van der Waals surface area (Å²) >= 11 is 0. The quantitative estimate of drug-likeness (QED) is 0.110. The maximum atomic E-state index is 12.6. The van der Waals surface area contributed by atoms with Gasteiger partial charge in [-0.2, -0.15) is 0 Å². The third-order valence-electron chi connectivity index (χ3n) is 4.30. The van der Waals surface area contributed by atoms with Crippen LogP contribution >= 0.6 is 0 Å². The lowest BCUT2D eigenvalue weighted by molar-refractivity contribution is -0.145. The molecule has 2 amide bonds. The first kappa shape index (κ1) is 24.9. The number of aliphatic carboxylic acids is 1. The van der Waals surface area contributed by atoms with Crippen LogP contribution in [0.4, 0.5) is 0 Å². The van der Waals surface area contributed by atoms with Crippen LogP contribution in [0.3, 0.4) is 0 Å². The van der Waals surface area contributed by atoms with Gasteiger partial charge in [-0.1, -0.05) is 30.3 Å². The van der Waals surface area contributed by atoms with E-state index in [4.69, 9.17) is 22.0 Å². The molecule has 10 N–H and O–H groups in total. The van der Waals surface area contributed by atoms with Gasteiger partial charge in [0.15, 0.2) is 12.0 Å². The summed E-state index contributed by atoms with van der Waals surface area (Å²) in [5.41, 5.74) is 12.0. The third kappa shape index (κ3) is 8.88. The zero-order valence-electron chi connectivity index (χ0n) is 16.8. The fourth-order valence-electron chi connectivity index (χ4n) is 2.68. The Morgan fingerprint density at radius 2 is 1.77 bits per heavy atom. The Bertz CT molecular complexity index is 727. The smallest absolute Gasteiger partial charge is 0.328 e. The van der Waals surface area contributed by atoms with E-state index in [1.165, 1.54) is 6.92 Å². The minimum Gasteiger partial charge on any atom is -0.480 e. The van der Waals surface area contributed by atoms with Crippen molar-refractivity contribution >= 4 is 23.7 Å². The van der Waals surface area contributed by atoms with Gasteiger partial charge in [0.05, 0.1) is 12.1 Å². The number of carbonyl (C=O) groups excluding carboxylic acids is 2. The van der Waals surface area contributed by atoms with Crippen molar-refractivity contribution in [3.05, 3.63) is 35.9 Å². The molecule has 1 aromatic rings. The highest BCUT2D eigenvalue weighted by atomic mass is 16.4. The van der Waals surface area contributed by atoms with Crippen LogP contribution < -0.4 is 27.4 Å². The zero-order valence-corrected chi connectivity index (χ0v) is 16.8. The number of guanidine groups is 1. The van der Waals surface area contributed by atoms with Crippen molar-refractivity contribution in [2.45, 2.75) is 50.4 Å². The maximum absolute atomic E-state index is 12.6. The summed E-state index contributed by atoms with van der Waals surface area (Å²) in [7, 11) is 0. The molecule has 0 bridgehead atoms. The number of benzene rings is 1. The lowest BCUT2D eigenvalue weighted by Crippen LogP contribution is -2.56. The van der Waals surface area contributed by atoms with Crippen molar-refractivity contribution in [3.8, 4) is 0 Å². The van der Waals surface area contributed by atoms with E-state index in [1.54, 1.807) is 0 Å². The summed E-state index contributed by atoms with van der Waals surface area (Å²) in [6.45, 7) is 1.52. The van der Waals surface area contributed by atoms with Gasteiger partial charge in [0.1, 0.15) is 6.04 Å². The van der Waals surface area contributed by atoms with Crippen LogP contribution in [0, 0.1) is 5.41 Å². The van der Waals surface area contributed by atoms with Gasteiger partial charge in [0.25, 0.3) is 0 Å². The SMILES string of the molecule is C[C@@H](O)[C@H](NC(=O)[C@H](CCCNC(=N)N)NC(=O)[C@@H](N)Cc1ccccc1)C(=O)O. The molecule has 0 radical (unpaired) electrons. The highest BCUT2D eigenvalue weighted by Crippen LogP contribution is 2.05. The lowest BCUT2D eigenvalue weighted by atomic mass is 10.0. The summed E-state index contributed by atoms with van der Waals surface area (Å²) in [5, 5.41) is 33.2. The number of hydrogen-bond acceptors (Lipinski definition) is 6. The van der Waals surface area contributed by atoms with Gasteiger partial charge in [-0.25, -0.2) is 4.79 Å². The van der Waals surface area contributed by atoms with E-state index in [2.05, 4.69) is 16.0 Å². The number of rotatable bonds is 12. The molecule has 11 nitrogen and oxygen atoms in total. The van der Waals surface area contributed by atoms with Gasteiger partial charge in [-0.3, -0.25) is 15.0 Å². The van der Waals surface area contributed by atoms with Crippen molar-refractivity contribution < 1.29 is 24.6 Å². The number of carboxylic acids is 1. The van der Waals surface area contributed by atoms with Crippen molar-refractivity contribution in [1.82, 2.24) is 16.0 Å². The van der Waals surface area contributed by atoms with Gasteiger partial charge < -0.3 is 37.6 Å². The van der Waals surface area contributed by atoms with Crippen LogP contribution in [-0.4, -0.2) is 64.7 Å². The van der Waals surface area contributed by atoms with Gasteiger partial charge in [0, 0.05) is 6.54 Å². The first-order chi connectivity index (χ1) is 14.1. The predicted molar refractivity (Wildman–Crippen MR) is 110 cm³/mol.